The molecule has 0 amide bonds. The van der Waals surface area contributed by atoms with Gasteiger partial charge in [-0.1, -0.05) is 13.8 Å². The average Bonchev–Trinajstić information content (AvgIpc) is 3.18. The number of ether oxygens (including phenoxy) is 2. The van der Waals surface area contributed by atoms with Crippen molar-refractivity contribution >= 4 is 0 Å². The molecule has 2 unspecified atom stereocenters. The lowest BCUT2D eigenvalue weighted by atomic mass is 9.44. The molecule has 1 heterocycles. The lowest BCUT2D eigenvalue weighted by Crippen LogP contribution is -2.62. The van der Waals surface area contributed by atoms with Crippen molar-refractivity contribution in [2.75, 3.05) is 13.2 Å². The normalized spacial score (nSPS) is 57.1. The molecule has 1 aliphatic heterocycles. The standard InChI is InChI=1S/C21H34O4/c1-19-7-5-14(22)11-13(19)3-4-15-16-6-8-21(24-9-10-25-21)20(16,2)18(23)12-17(15)19/h13-18,22-23H,3-12H2,1-2H3/t13-,14-,15+,16+,17?,18?,19+,20-/m1/s1. The predicted molar refractivity (Wildman–Crippen MR) is 93.8 cm³/mol. The highest BCUT2D eigenvalue weighted by molar-refractivity contribution is 5.15. The van der Waals surface area contributed by atoms with Crippen LogP contribution in [0.1, 0.15) is 65.2 Å². The zero-order valence-electron chi connectivity index (χ0n) is 15.7. The van der Waals surface area contributed by atoms with Crippen LogP contribution in [0.25, 0.3) is 0 Å². The third-order valence-electron chi connectivity index (χ3n) is 9.53. The second-order valence-corrected chi connectivity index (χ2v) is 10.1. The van der Waals surface area contributed by atoms with Gasteiger partial charge in [-0.15, -0.1) is 0 Å². The molecule has 4 aliphatic carbocycles. The largest absolute Gasteiger partial charge is 0.393 e. The smallest absolute Gasteiger partial charge is 0.176 e. The van der Waals surface area contributed by atoms with Crippen molar-refractivity contribution in [3.05, 3.63) is 0 Å². The van der Waals surface area contributed by atoms with E-state index in [9.17, 15) is 10.2 Å². The number of hydrogen-bond donors (Lipinski definition) is 2. The molecule has 4 nitrogen and oxygen atoms in total. The molecule has 5 fully saturated rings. The Labute approximate surface area is 151 Å². The molecule has 1 spiro atoms. The van der Waals surface area contributed by atoms with Crippen LogP contribution in [0.2, 0.25) is 0 Å². The molecule has 4 heteroatoms. The first-order chi connectivity index (χ1) is 11.9. The Kier molecular flexibility index (Phi) is 3.69. The van der Waals surface area contributed by atoms with Crippen molar-refractivity contribution in [1.82, 2.24) is 0 Å². The van der Waals surface area contributed by atoms with Crippen LogP contribution < -0.4 is 0 Å². The van der Waals surface area contributed by atoms with Gasteiger partial charge >= 0.3 is 0 Å². The van der Waals surface area contributed by atoms with Gasteiger partial charge in [-0.25, -0.2) is 0 Å². The highest BCUT2D eigenvalue weighted by Gasteiger charge is 2.70. The highest BCUT2D eigenvalue weighted by atomic mass is 16.7. The van der Waals surface area contributed by atoms with Crippen LogP contribution in [-0.2, 0) is 9.47 Å². The molecular weight excluding hydrogens is 316 g/mol. The number of aliphatic hydroxyl groups excluding tert-OH is 2. The summed E-state index contributed by atoms with van der Waals surface area (Å²) < 4.78 is 12.3. The molecule has 8 atom stereocenters. The molecular formula is C21H34O4. The molecule has 2 N–H and O–H groups in total. The van der Waals surface area contributed by atoms with Crippen LogP contribution in [0.15, 0.2) is 0 Å². The summed E-state index contributed by atoms with van der Waals surface area (Å²) in [5.74, 6) is 1.86. The number of rotatable bonds is 0. The minimum absolute atomic E-state index is 0.108. The first-order valence-electron chi connectivity index (χ1n) is 10.5. The summed E-state index contributed by atoms with van der Waals surface area (Å²) in [5, 5.41) is 21.5. The fourth-order valence-corrected chi connectivity index (χ4v) is 8.09. The summed E-state index contributed by atoms with van der Waals surface area (Å²) in [6.07, 6.45) is 8.00. The third kappa shape index (κ3) is 2.03. The van der Waals surface area contributed by atoms with Crippen molar-refractivity contribution in [3.8, 4) is 0 Å². The summed E-state index contributed by atoms with van der Waals surface area (Å²) in [6, 6.07) is 0. The second kappa shape index (κ2) is 5.43. The predicted octanol–water partition coefficient (Wildman–Crippen LogP) is 3.10. The Bertz CT molecular complexity index is 544. The van der Waals surface area contributed by atoms with E-state index in [0.717, 1.165) is 38.5 Å². The molecule has 25 heavy (non-hydrogen) atoms. The molecule has 0 aromatic carbocycles. The Morgan fingerprint density at radius 3 is 2.36 bits per heavy atom. The minimum atomic E-state index is -0.539. The molecule has 0 radical (unpaired) electrons. The molecule has 5 rings (SSSR count). The topological polar surface area (TPSA) is 58.9 Å². The summed E-state index contributed by atoms with van der Waals surface area (Å²) in [5.41, 5.74) is 0.0274. The van der Waals surface area contributed by atoms with Gasteiger partial charge in [0.1, 0.15) is 0 Å². The maximum Gasteiger partial charge on any atom is 0.176 e. The fourth-order valence-electron chi connectivity index (χ4n) is 8.09. The summed E-state index contributed by atoms with van der Waals surface area (Å²) in [6.45, 7) is 6.04. The van der Waals surface area contributed by atoms with E-state index in [-0.39, 0.29) is 23.0 Å². The van der Waals surface area contributed by atoms with Crippen LogP contribution in [0.4, 0.5) is 0 Å². The van der Waals surface area contributed by atoms with E-state index >= 15 is 0 Å². The molecule has 4 saturated carbocycles. The molecule has 0 bridgehead atoms. The van der Waals surface area contributed by atoms with Crippen LogP contribution in [0.3, 0.4) is 0 Å². The quantitative estimate of drug-likeness (QED) is 0.705. The van der Waals surface area contributed by atoms with Gasteiger partial charge in [-0.3, -0.25) is 0 Å². The van der Waals surface area contributed by atoms with E-state index in [4.69, 9.17) is 9.47 Å². The number of hydrogen-bond acceptors (Lipinski definition) is 4. The lowest BCUT2D eigenvalue weighted by Gasteiger charge is -2.62. The zero-order chi connectivity index (χ0) is 17.4. The fraction of sp³-hybridized carbons (Fsp3) is 1.00. The van der Waals surface area contributed by atoms with E-state index in [1.165, 1.54) is 12.8 Å². The monoisotopic (exact) mass is 350 g/mol. The van der Waals surface area contributed by atoms with E-state index < -0.39 is 5.79 Å². The van der Waals surface area contributed by atoms with E-state index in [2.05, 4.69) is 13.8 Å². The average molecular weight is 350 g/mol. The van der Waals surface area contributed by atoms with Gasteiger partial charge in [-0.2, -0.15) is 0 Å². The molecule has 1 saturated heterocycles. The number of aliphatic hydroxyl groups is 2. The molecule has 5 aliphatic rings. The maximum atomic E-state index is 11.4. The van der Waals surface area contributed by atoms with E-state index in [0.29, 0.717) is 36.9 Å². The van der Waals surface area contributed by atoms with Gasteiger partial charge in [0.25, 0.3) is 0 Å². The van der Waals surface area contributed by atoms with Crippen molar-refractivity contribution in [3.63, 3.8) is 0 Å². The Morgan fingerprint density at radius 2 is 1.60 bits per heavy atom. The van der Waals surface area contributed by atoms with Gasteiger partial charge in [-0.05, 0) is 74.0 Å². The van der Waals surface area contributed by atoms with Crippen molar-refractivity contribution in [1.29, 1.82) is 0 Å². The molecule has 0 aromatic rings. The molecule has 142 valence electrons. The van der Waals surface area contributed by atoms with Gasteiger partial charge < -0.3 is 19.7 Å². The highest BCUT2D eigenvalue weighted by Crippen LogP contribution is 2.69. The Balaban J connectivity index is 1.49. The second-order valence-electron chi connectivity index (χ2n) is 10.1. The van der Waals surface area contributed by atoms with E-state index in [1.54, 1.807) is 0 Å². The number of fused-ring (bicyclic) bond motifs is 6. The van der Waals surface area contributed by atoms with Crippen molar-refractivity contribution in [2.24, 2.45) is 34.5 Å². The van der Waals surface area contributed by atoms with Crippen LogP contribution >= 0.6 is 0 Å². The van der Waals surface area contributed by atoms with Crippen molar-refractivity contribution < 1.29 is 19.7 Å². The SMILES string of the molecule is C[C@]12C(O)CC3[C@@H](CC[C@@H]4C[C@H](O)CC[C@]34C)[C@@H]1CCC21OCCO1. The zero-order valence-corrected chi connectivity index (χ0v) is 15.7. The Morgan fingerprint density at radius 1 is 0.840 bits per heavy atom. The van der Waals surface area contributed by atoms with E-state index in [1.807, 2.05) is 0 Å². The first kappa shape index (κ1) is 17.0. The van der Waals surface area contributed by atoms with Crippen LogP contribution in [0.5, 0.6) is 0 Å². The summed E-state index contributed by atoms with van der Waals surface area (Å²) in [7, 11) is 0. The lowest BCUT2D eigenvalue weighted by molar-refractivity contribution is -0.279. The van der Waals surface area contributed by atoms with Crippen molar-refractivity contribution in [2.45, 2.75) is 83.2 Å². The third-order valence-corrected chi connectivity index (χ3v) is 9.53. The first-order valence-corrected chi connectivity index (χ1v) is 10.5. The maximum absolute atomic E-state index is 11.4. The molecule has 0 aromatic heterocycles. The van der Waals surface area contributed by atoms with Crippen LogP contribution in [0, 0.1) is 34.5 Å². The summed E-state index contributed by atoms with van der Waals surface area (Å²) in [4.78, 5) is 0. The van der Waals surface area contributed by atoms with Gasteiger partial charge in [0.2, 0.25) is 0 Å². The Hall–Kier alpha value is -0.160. The van der Waals surface area contributed by atoms with Gasteiger partial charge in [0, 0.05) is 6.42 Å². The van der Waals surface area contributed by atoms with Gasteiger partial charge in [0.15, 0.2) is 5.79 Å². The van der Waals surface area contributed by atoms with Gasteiger partial charge in [0.05, 0.1) is 30.8 Å². The summed E-state index contributed by atoms with van der Waals surface area (Å²) >= 11 is 0. The van der Waals surface area contributed by atoms with Crippen LogP contribution in [-0.4, -0.2) is 41.4 Å². The minimum Gasteiger partial charge on any atom is -0.393 e.